The third-order valence-electron chi connectivity index (χ3n) is 4.53. The number of nitrogens with one attached hydrogen (secondary N) is 1. The van der Waals surface area contributed by atoms with E-state index in [0.717, 1.165) is 12.8 Å². The van der Waals surface area contributed by atoms with Gasteiger partial charge in [0.25, 0.3) is 0 Å². The molecule has 18 heavy (non-hydrogen) atoms. The van der Waals surface area contributed by atoms with E-state index in [2.05, 4.69) is 21.2 Å². The fourth-order valence-electron chi connectivity index (χ4n) is 3.59. The summed E-state index contributed by atoms with van der Waals surface area (Å²) in [5.41, 5.74) is 0.495. The zero-order valence-corrected chi connectivity index (χ0v) is 11.8. The van der Waals surface area contributed by atoms with Crippen molar-refractivity contribution in [2.24, 2.45) is 5.92 Å². The molecule has 2 saturated heterocycles. The van der Waals surface area contributed by atoms with Gasteiger partial charge in [-0.3, -0.25) is 0 Å². The van der Waals surface area contributed by atoms with Crippen LogP contribution in [0.2, 0.25) is 0 Å². The molecule has 2 aliphatic heterocycles. The maximum atomic E-state index is 14.0. The molecule has 0 aromatic heterocycles. The lowest BCUT2D eigenvalue weighted by molar-refractivity contribution is 0.346. The fraction of sp³-hybridized carbons (Fsp3) is 0.571. The highest BCUT2D eigenvalue weighted by atomic mass is 79.9. The van der Waals surface area contributed by atoms with E-state index < -0.39 is 0 Å². The van der Waals surface area contributed by atoms with Gasteiger partial charge in [-0.15, -0.1) is 0 Å². The second-order valence-corrected chi connectivity index (χ2v) is 6.29. The van der Waals surface area contributed by atoms with E-state index in [1.54, 1.807) is 0 Å². The smallest absolute Gasteiger partial charge is 0.137 e. The summed E-state index contributed by atoms with van der Waals surface area (Å²) in [5.74, 6) is -0.234. The molecule has 1 aromatic carbocycles. The van der Waals surface area contributed by atoms with Crippen LogP contribution in [0, 0.1) is 17.6 Å². The molecule has 0 amide bonds. The number of halogens is 3. The molecule has 98 valence electrons. The third-order valence-corrected chi connectivity index (χ3v) is 5.33. The van der Waals surface area contributed by atoms with Crippen molar-refractivity contribution in [3.8, 4) is 0 Å². The molecule has 2 bridgehead atoms. The van der Waals surface area contributed by atoms with E-state index in [-0.39, 0.29) is 22.0 Å². The molecule has 2 aliphatic rings. The lowest BCUT2D eigenvalue weighted by Gasteiger charge is -2.28. The molecule has 1 aromatic rings. The SMILES string of the molecule is CC(c1c(F)ccc(F)c1Br)C1CC2CCC1N2. The first-order valence-electron chi connectivity index (χ1n) is 6.47. The summed E-state index contributed by atoms with van der Waals surface area (Å²) in [6, 6.07) is 3.46. The molecule has 2 fully saturated rings. The van der Waals surface area contributed by atoms with Crippen molar-refractivity contribution < 1.29 is 8.78 Å². The maximum absolute atomic E-state index is 14.0. The average Bonchev–Trinajstić information content (AvgIpc) is 2.96. The maximum Gasteiger partial charge on any atom is 0.137 e. The van der Waals surface area contributed by atoms with Crippen molar-refractivity contribution in [2.75, 3.05) is 0 Å². The first kappa shape index (κ1) is 12.5. The average molecular weight is 316 g/mol. The Morgan fingerprint density at radius 1 is 1.28 bits per heavy atom. The fourth-order valence-corrected chi connectivity index (χ4v) is 4.28. The van der Waals surface area contributed by atoms with E-state index >= 15 is 0 Å². The molecule has 1 N–H and O–H groups in total. The summed E-state index contributed by atoms with van der Waals surface area (Å²) in [6.45, 7) is 2.01. The molecule has 1 nitrogen and oxygen atoms in total. The van der Waals surface area contributed by atoms with E-state index in [9.17, 15) is 8.78 Å². The lowest BCUT2D eigenvalue weighted by atomic mass is 9.77. The molecule has 0 aliphatic carbocycles. The lowest BCUT2D eigenvalue weighted by Crippen LogP contribution is -2.27. The van der Waals surface area contributed by atoms with Crippen LogP contribution in [0.3, 0.4) is 0 Å². The molecule has 4 heteroatoms. The zero-order valence-electron chi connectivity index (χ0n) is 10.2. The number of fused-ring (bicyclic) bond motifs is 2. The quantitative estimate of drug-likeness (QED) is 0.814. The highest BCUT2D eigenvalue weighted by Crippen LogP contribution is 2.44. The Labute approximate surface area is 114 Å². The molecule has 0 spiro atoms. The summed E-state index contributed by atoms with van der Waals surface area (Å²) in [7, 11) is 0. The molecular weight excluding hydrogens is 300 g/mol. The summed E-state index contributed by atoms with van der Waals surface area (Å²) < 4.78 is 27.8. The molecule has 0 saturated carbocycles. The Balaban J connectivity index is 1.93. The van der Waals surface area contributed by atoms with Crippen molar-refractivity contribution >= 4 is 15.9 Å². The largest absolute Gasteiger partial charge is 0.311 e. The third kappa shape index (κ3) is 1.90. The molecule has 0 radical (unpaired) electrons. The van der Waals surface area contributed by atoms with Gasteiger partial charge in [-0.05, 0) is 59.2 Å². The van der Waals surface area contributed by atoms with Gasteiger partial charge in [-0.1, -0.05) is 6.92 Å². The van der Waals surface area contributed by atoms with Crippen LogP contribution in [-0.4, -0.2) is 12.1 Å². The van der Waals surface area contributed by atoms with Crippen molar-refractivity contribution in [1.29, 1.82) is 0 Å². The Bertz CT molecular complexity index is 477. The predicted octanol–water partition coefficient (Wildman–Crippen LogP) is 3.97. The Hall–Kier alpha value is -0.480. The minimum Gasteiger partial charge on any atom is -0.311 e. The summed E-state index contributed by atoms with van der Waals surface area (Å²) in [5, 5.41) is 3.55. The summed E-state index contributed by atoms with van der Waals surface area (Å²) in [6.07, 6.45) is 3.46. The van der Waals surface area contributed by atoms with E-state index in [0.29, 0.717) is 23.6 Å². The number of rotatable bonds is 2. The highest BCUT2D eigenvalue weighted by Gasteiger charge is 2.42. The van der Waals surface area contributed by atoms with Gasteiger partial charge in [0.1, 0.15) is 11.6 Å². The van der Waals surface area contributed by atoms with Crippen LogP contribution in [0.4, 0.5) is 8.78 Å². The van der Waals surface area contributed by atoms with Gasteiger partial charge < -0.3 is 5.32 Å². The second-order valence-electron chi connectivity index (χ2n) is 5.49. The van der Waals surface area contributed by atoms with Gasteiger partial charge in [0.15, 0.2) is 0 Å². The number of hydrogen-bond donors (Lipinski definition) is 1. The van der Waals surface area contributed by atoms with Gasteiger partial charge in [-0.2, -0.15) is 0 Å². The minimum absolute atomic E-state index is 0.0397. The van der Waals surface area contributed by atoms with Crippen LogP contribution in [-0.2, 0) is 0 Å². The van der Waals surface area contributed by atoms with Gasteiger partial charge in [0, 0.05) is 17.6 Å². The van der Waals surface area contributed by atoms with Gasteiger partial charge in [0.2, 0.25) is 0 Å². The van der Waals surface area contributed by atoms with Crippen molar-refractivity contribution in [3.05, 3.63) is 33.8 Å². The van der Waals surface area contributed by atoms with Gasteiger partial charge in [0.05, 0.1) is 4.47 Å². The summed E-state index contributed by atoms with van der Waals surface area (Å²) >= 11 is 3.20. The predicted molar refractivity (Wildman–Crippen MR) is 70.5 cm³/mol. The summed E-state index contributed by atoms with van der Waals surface area (Å²) in [4.78, 5) is 0. The molecule has 4 unspecified atom stereocenters. The van der Waals surface area contributed by atoms with Crippen LogP contribution in [0.1, 0.15) is 37.7 Å². The van der Waals surface area contributed by atoms with Crippen LogP contribution in [0.25, 0.3) is 0 Å². The Kier molecular flexibility index (Phi) is 3.18. The topological polar surface area (TPSA) is 12.0 Å². The van der Waals surface area contributed by atoms with Crippen molar-refractivity contribution in [3.63, 3.8) is 0 Å². The minimum atomic E-state index is -0.380. The molecular formula is C14H16BrF2N. The van der Waals surface area contributed by atoms with Gasteiger partial charge >= 0.3 is 0 Å². The van der Waals surface area contributed by atoms with Crippen LogP contribution >= 0.6 is 15.9 Å². The van der Waals surface area contributed by atoms with Crippen LogP contribution < -0.4 is 5.32 Å². The van der Waals surface area contributed by atoms with E-state index in [4.69, 9.17) is 0 Å². The highest BCUT2D eigenvalue weighted by molar-refractivity contribution is 9.10. The molecule has 4 atom stereocenters. The van der Waals surface area contributed by atoms with E-state index in [1.165, 1.54) is 18.6 Å². The van der Waals surface area contributed by atoms with E-state index in [1.807, 2.05) is 6.92 Å². The van der Waals surface area contributed by atoms with Crippen molar-refractivity contribution in [1.82, 2.24) is 5.32 Å². The monoisotopic (exact) mass is 315 g/mol. The molecule has 2 heterocycles. The van der Waals surface area contributed by atoms with Gasteiger partial charge in [-0.25, -0.2) is 8.78 Å². The standard InChI is InChI=1S/C14H16BrF2N/c1-7(9-6-8-2-5-12(9)18-8)13-10(16)3-4-11(17)14(13)15/h3-4,7-9,12,18H,2,5-6H2,1H3. The molecule has 3 rings (SSSR count). The van der Waals surface area contributed by atoms with Crippen LogP contribution in [0.15, 0.2) is 16.6 Å². The normalized spacial score (nSPS) is 31.9. The van der Waals surface area contributed by atoms with Crippen molar-refractivity contribution in [2.45, 2.75) is 44.2 Å². The number of hydrogen-bond acceptors (Lipinski definition) is 1. The number of benzene rings is 1. The Morgan fingerprint density at radius 2 is 2.00 bits per heavy atom. The van der Waals surface area contributed by atoms with Crippen LogP contribution in [0.5, 0.6) is 0 Å². The Morgan fingerprint density at radius 3 is 2.61 bits per heavy atom. The first-order valence-corrected chi connectivity index (χ1v) is 7.26. The zero-order chi connectivity index (χ0) is 12.9. The second kappa shape index (κ2) is 4.57. The first-order chi connectivity index (χ1) is 8.58.